The van der Waals surface area contributed by atoms with Gasteiger partial charge in [0.05, 0.1) is 6.61 Å². The van der Waals surface area contributed by atoms with E-state index >= 15 is 0 Å². The molecule has 2 rings (SSSR count). The first kappa shape index (κ1) is 14.6. The second kappa shape index (κ2) is 7.11. The first-order chi connectivity index (χ1) is 9.77. The van der Waals surface area contributed by atoms with E-state index in [0.29, 0.717) is 12.5 Å². The van der Waals surface area contributed by atoms with Crippen LogP contribution in [0.5, 0.6) is 5.75 Å². The number of nitrogens with one attached hydrogen (secondary N) is 1. The quantitative estimate of drug-likeness (QED) is 0.850. The summed E-state index contributed by atoms with van der Waals surface area (Å²) in [5.41, 5.74) is 2.55. The Morgan fingerprint density at radius 3 is 2.30 bits per heavy atom. The van der Waals surface area contributed by atoms with Gasteiger partial charge in [-0.05, 0) is 25.6 Å². The summed E-state index contributed by atoms with van der Waals surface area (Å²) < 4.78 is 5.77. The van der Waals surface area contributed by atoms with Crippen LogP contribution in [0, 0.1) is 0 Å². The lowest BCUT2D eigenvalue weighted by Crippen LogP contribution is -2.23. The van der Waals surface area contributed by atoms with Crippen molar-refractivity contribution in [3.05, 3.63) is 65.7 Å². The van der Waals surface area contributed by atoms with E-state index in [2.05, 4.69) is 54.7 Å². The molecule has 2 heteroatoms. The number of benzene rings is 2. The molecule has 2 aromatic rings. The SMILES string of the molecule is CCOc1ccccc1C(NC)C(C)c1ccccc1. The molecule has 106 valence electrons. The van der Waals surface area contributed by atoms with Gasteiger partial charge in [0.25, 0.3) is 0 Å². The van der Waals surface area contributed by atoms with Crippen LogP contribution in [0.3, 0.4) is 0 Å². The van der Waals surface area contributed by atoms with Crippen molar-refractivity contribution in [2.24, 2.45) is 0 Å². The molecule has 1 N–H and O–H groups in total. The van der Waals surface area contributed by atoms with Crippen LogP contribution in [-0.2, 0) is 0 Å². The van der Waals surface area contributed by atoms with Crippen LogP contribution in [0.15, 0.2) is 54.6 Å². The third-order valence-corrected chi connectivity index (χ3v) is 3.69. The van der Waals surface area contributed by atoms with E-state index in [-0.39, 0.29) is 6.04 Å². The minimum Gasteiger partial charge on any atom is -0.494 e. The Hall–Kier alpha value is -1.80. The van der Waals surface area contributed by atoms with E-state index < -0.39 is 0 Å². The van der Waals surface area contributed by atoms with Crippen LogP contribution in [0.2, 0.25) is 0 Å². The smallest absolute Gasteiger partial charge is 0.124 e. The van der Waals surface area contributed by atoms with Gasteiger partial charge in [-0.15, -0.1) is 0 Å². The summed E-state index contributed by atoms with van der Waals surface area (Å²) in [5, 5.41) is 3.44. The van der Waals surface area contributed by atoms with Gasteiger partial charge in [0.15, 0.2) is 0 Å². The molecular formula is C18H23NO. The molecule has 0 aliphatic carbocycles. The fraction of sp³-hybridized carbons (Fsp3) is 0.333. The second-order valence-electron chi connectivity index (χ2n) is 4.94. The Morgan fingerprint density at radius 2 is 1.65 bits per heavy atom. The third-order valence-electron chi connectivity index (χ3n) is 3.69. The van der Waals surface area contributed by atoms with E-state index in [1.54, 1.807) is 0 Å². The lowest BCUT2D eigenvalue weighted by Gasteiger charge is -2.26. The number of ether oxygens (including phenoxy) is 1. The molecule has 0 bridgehead atoms. The number of hydrogen-bond acceptors (Lipinski definition) is 2. The number of hydrogen-bond donors (Lipinski definition) is 1. The molecule has 0 aliphatic heterocycles. The zero-order chi connectivity index (χ0) is 14.4. The van der Waals surface area contributed by atoms with Gasteiger partial charge in [0, 0.05) is 17.5 Å². The topological polar surface area (TPSA) is 21.3 Å². The molecule has 20 heavy (non-hydrogen) atoms. The van der Waals surface area contributed by atoms with Gasteiger partial charge in [-0.1, -0.05) is 55.5 Å². The molecule has 0 amide bonds. The molecule has 2 unspecified atom stereocenters. The van der Waals surface area contributed by atoms with Crippen LogP contribution >= 0.6 is 0 Å². The largest absolute Gasteiger partial charge is 0.494 e. The first-order valence-corrected chi connectivity index (χ1v) is 7.21. The lowest BCUT2D eigenvalue weighted by molar-refractivity contribution is 0.329. The summed E-state index contributed by atoms with van der Waals surface area (Å²) in [6, 6.07) is 19.1. The molecule has 0 fully saturated rings. The number of para-hydroxylation sites is 1. The van der Waals surface area contributed by atoms with E-state index in [1.165, 1.54) is 11.1 Å². The summed E-state index contributed by atoms with van der Waals surface area (Å²) in [5.74, 6) is 1.35. The molecule has 0 saturated carbocycles. The molecular weight excluding hydrogens is 246 g/mol. The average molecular weight is 269 g/mol. The summed E-state index contributed by atoms with van der Waals surface area (Å²) in [4.78, 5) is 0. The van der Waals surface area contributed by atoms with Gasteiger partial charge >= 0.3 is 0 Å². The standard InChI is InChI=1S/C18H23NO/c1-4-20-17-13-9-8-12-16(17)18(19-3)14(2)15-10-6-5-7-11-15/h5-14,18-19H,4H2,1-3H3. The minimum atomic E-state index is 0.236. The van der Waals surface area contributed by atoms with Gasteiger partial charge in [0.2, 0.25) is 0 Å². The van der Waals surface area contributed by atoms with Crippen LogP contribution < -0.4 is 10.1 Å². The lowest BCUT2D eigenvalue weighted by atomic mass is 9.88. The van der Waals surface area contributed by atoms with Crippen LogP contribution in [0.25, 0.3) is 0 Å². The highest BCUT2D eigenvalue weighted by molar-refractivity contribution is 5.38. The number of likely N-dealkylation sites (N-methyl/N-ethyl adjacent to an activating group) is 1. The predicted molar refractivity (Wildman–Crippen MR) is 84.3 cm³/mol. The predicted octanol–water partition coefficient (Wildman–Crippen LogP) is 4.15. The Bertz CT molecular complexity index is 524. The van der Waals surface area contributed by atoms with Gasteiger partial charge in [-0.25, -0.2) is 0 Å². The highest BCUT2D eigenvalue weighted by Crippen LogP contribution is 2.35. The average Bonchev–Trinajstić information content (AvgIpc) is 2.51. The molecule has 0 aromatic heterocycles. The Labute approximate surface area is 121 Å². The summed E-state index contributed by atoms with van der Waals surface area (Å²) in [6.07, 6.45) is 0. The van der Waals surface area contributed by atoms with Crippen molar-refractivity contribution in [1.82, 2.24) is 5.32 Å². The Morgan fingerprint density at radius 1 is 1.00 bits per heavy atom. The fourth-order valence-electron chi connectivity index (χ4n) is 2.65. The van der Waals surface area contributed by atoms with Gasteiger partial charge < -0.3 is 10.1 Å². The minimum absolute atomic E-state index is 0.236. The van der Waals surface area contributed by atoms with Crippen molar-refractivity contribution in [2.75, 3.05) is 13.7 Å². The third kappa shape index (κ3) is 3.20. The van der Waals surface area contributed by atoms with E-state index in [9.17, 15) is 0 Å². The van der Waals surface area contributed by atoms with Gasteiger partial charge in [-0.2, -0.15) is 0 Å². The van der Waals surface area contributed by atoms with Gasteiger partial charge in [-0.3, -0.25) is 0 Å². The molecule has 0 spiro atoms. The monoisotopic (exact) mass is 269 g/mol. The van der Waals surface area contributed by atoms with Crippen molar-refractivity contribution in [3.63, 3.8) is 0 Å². The molecule has 2 aromatic carbocycles. The summed E-state index contributed by atoms with van der Waals surface area (Å²) >= 11 is 0. The zero-order valence-corrected chi connectivity index (χ0v) is 12.5. The maximum atomic E-state index is 5.77. The van der Waals surface area contributed by atoms with Gasteiger partial charge in [0.1, 0.15) is 5.75 Å². The molecule has 0 saturated heterocycles. The molecule has 0 aliphatic rings. The Kier molecular flexibility index (Phi) is 5.19. The van der Waals surface area contributed by atoms with Crippen molar-refractivity contribution >= 4 is 0 Å². The van der Waals surface area contributed by atoms with E-state index in [4.69, 9.17) is 4.74 Å². The maximum absolute atomic E-state index is 5.77. The van der Waals surface area contributed by atoms with Crippen molar-refractivity contribution in [1.29, 1.82) is 0 Å². The molecule has 0 heterocycles. The van der Waals surface area contributed by atoms with E-state index in [1.807, 2.05) is 26.1 Å². The van der Waals surface area contributed by atoms with Crippen molar-refractivity contribution < 1.29 is 4.74 Å². The second-order valence-corrected chi connectivity index (χ2v) is 4.94. The molecule has 2 atom stereocenters. The summed E-state index contributed by atoms with van der Waals surface area (Å²) in [7, 11) is 2.01. The fourth-order valence-corrected chi connectivity index (χ4v) is 2.65. The molecule has 2 nitrogen and oxygen atoms in total. The summed E-state index contributed by atoms with van der Waals surface area (Å²) in [6.45, 7) is 4.96. The van der Waals surface area contributed by atoms with Crippen LogP contribution in [0.1, 0.15) is 36.9 Å². The molecule has 0 radical (unpaired) electrons. The van der Waals surface area contributed by atoms with Crippen LogP contribution in [-0.4, -0.2) is 13.7 Å². The van der Waals surface area contributed by atoms with Crippen molar-refractivity contribution in [3.8, 4) is 5.75 Å². The maximum Gasteiger partial charge on any atom is 0.124 e. The van der Waals surface area contributed by atoms with Crippen LogP contribution in [0.4, 0.5) is 0 Å². The highest BCUT2D eigenvalue weighted by atomic mass is 16.5. The normalized spacial score (nSPS) is 13.8. The van der Waals surface area contributed by atoms with E-state index in [0.717, 1.165) is 5.75 Å². The number of rotatable bonds is 6. The highest BCUT2D eigenvalue weighted by Gasteiger charge is 2.21. The first-order valence-electron chi connectivity index (χ1n) is 7.21. The zero-order valence-electron chi connectivity index (χ0n) is 12.5. The Balaban J connectivity index is 2.33. The van der Waals surface area contributed by atoms with Crippen molar-refractivity contribution in [2.45, 2.75) is 25.8 Å².